The molecule has 0 saturated carbocycles. The van der Waals surface area contributed by atoms with Gasteiger partial charge in [-0.3, -0.25) is 0 Å². The second-order valence-corrected chi connectivity index (χ2v) is 4.91. The maximum absolute atomic E-state index is 13.7. The molecule has 1 aromatic carbocycles. The predicted octanol–water partition coefficient (Wildman–Crippen LogP) is 4.02. The van der Waals surface area contributed by atoms with Crippen molar-refractivity contribution < 1.29 is 18.3 Å². The lowest BCUT2D eigenvalue weighted by Crippen LogP contribution is -2.04. The summed E-state index contributed by atoms with van der Waals surface area (Å²) in [5.74, 6) is -0.195. The third-order valence-electron chi connectivity index (χ3n) is 2.71. The van der Waals surface area contributed by atoms with E-state index in [1.54, 1.807) is 19.9 Å². The standard InChI is InChI=1S/C13H11BrF2O2/c1-6-3-8(7(2)18-6)13(17)9-4-12(16)10(14)5-11(9)15/h3-5,13,17H,1-2H3. The molecule has 0 aliphatic carbocycles. The zero-order valence-corrected chi connectivity index (χ0v) is 11.4. The molecule has 0 aliphatic rings. The summed E-state index contributed by atoms with van der Waals surface area (Å²) in [7, 11) is 0. The summed E-state index contributed by atoms with van der Waals surface area (Å²) in [4.78, 5) is 0. The zero-order chi connectivity index (χ0) is 13.4. The summed E-state index contributed by atoms with van der Waals surface area (Å²) in [6.45, 7) is 3.39. The smallest absolute Gasteiger partial charge is 0.137 e. The molecular formula is C13H11BrF2O2. The quantitative estimate of drug-likeness (QED) is 0.849. The highest BCUT2D eigenvalue weighted by atomic mass is 79.9. The van der Waals surface area contributed by atoms with E-state index in [4.69, 9.17) is 4.42 Å². The fourth-order valence-electron chi connectivity index (χ4n) is 1.84. The molecule has 96 valence electrons. The van der Waals surface area contributed by atoms with Crippen molar-refractivity contribution in [2.24, 2.45) is 0 Å². The van der Waals surface area contributed by atoms with Gasteiger partial charge in [0.15, 0.2) is 0 Å². The fraction of sp³-hybridized carbons (Fsp3) is 0.231. The minimum atomic E-state index is -1.25. The summed E-state index contributed by atoms with van der Waals surface area (Å²) in [6, 6.07) is 3.58. The summed E-state index contributed by atoms with van der Waals surface area (Å²) in [5, 5.41) is 10.1. The number of rotatable bonds is 2. The van der Waals surface area contributed by atoms with Crippen molar-refractivity contribution in [3.8, 4) is 0 Å². The van der Waals surface area contributed by atoms with Gasteiger partial charge in [0.1, 0.15) is 29.3 Å². The van der Waals surface area contributed by atoms with Gasteiger partial charge in [-0.2, -0.15) is 0 Å². The molecular weight excluding hydrogens is 306 g/mol. The zero-order valence-electron chi connectivity index (χ0n) is 9.80. The van der Waals surface area contributed by atoms with Gasteiger partial charge in [0.25, 0.3) is 0 Å². The van der Waals surface area contributed by atoms with Crippen molar-refractivity contribution in [3.05, 3.63) is 57.0 Å². The Kier molecular flexibility index (Phi) is 3.54. The van der Waals surface area contributed by atoms with Gasteiger partial charge >= 0.3 is 0 Å². The van der Waals surface area contributed by atoms with Crippen molar-refractivity contribution in [2.75, 3.05) is 0 Å². The first-order valence-corrected chi connectivity index (χ1v) is 6.09. The third kappa shape index (κ3) is 2.33. The molecule has 0 radical (unpaired) electrons. The Hall–Kier alpha value is -1.20. The molecule has 5 heteroatoms. The monoisotopic (exact) mass is 316 g/mol. The van der Waals surface area contributed by atoms with Crippen LogP contribution < -0.4 is 0 Å². The third-order valence-corrected chi connectivity index (χ3v) is 3.32. The molecule has 1 atom stereocenters. The molecule has 0 spiro atoms. The lowest BCUT2D eigenvalue weighted by molar-refractivity contribution is 0.212. The van der Waals surface area contributed by atoms with Crippen LogP contribution in [0.5, 0.6) is 0 Å². The van der Waals surface area contributed by atoms with Crippen LogP contribution in [0.15, 0.2) is 27.1 Å². The Labute approximate surface area is 111 Å². The summed E-state index contributed by atoms with van der Waals surface area (Å²) < 4.78 is 32.4. The topological polar surface area (TPSA) is 33.4 Å². The molecule has 0 aliphatic heterocycles. The number of aryl methyl sites for hydroxylation is 2. The van der Waals surface area contributed by atoms with Crippen LogP contribution in [0.1, 0.15) is 28.8 Å². The van der Waals surface area contributed by atoms with Crippen molar-refractivity contribution in [3.63, 3.8) is 0 Å². The van der Waals surface area contributed by atoms with E-state index in [1.165, 1.54) is 0 Å². The van der Waals surface area contributed by atoms with Crippen molar-refractivity contribution in [1.82, 2.24) is 0 Å². The van der Waals surface area contributed by atoms with Crippen LogP contribution in [-0.2, 0) is 0 Å². The molecule has 2 aromatic rings. The van der Waals surface area contributed by atoms with Gasteiger partial charge in [0, 0.05) is 11.1 Å². The van der Waals surface area contributed by atoms with E-state index in [1.807, 2.05) is 0 Å². The Morgan fingerprint density at radius 2 is 1.78 bits per heavy atom. The van der Waals surface area contributed by atoms with Crippen LogP contribution in [-0.4, -0.2) is 5.11 Å². The second kappa shape index (κ2) is 4.82. The van der Waals surface area contributed by atoms with Gasteiger partial charge < -0.3 is 9.52 Å². The number of benzene rings is 1. The van der Waals surface area contributed by atoms with E-state index >= 15 is 0 Å². The Morgan fingerprint density at radius 3 is 2.33 bits per heavy atom. The highest BCUT2D eigenvalue weighted by molar-refractivity contribution is 9.10. The van der Waals surface area contributed by atoms with Gasteiger partial charge in [0.2, 0.25) is 0 Å². The molecule has 1 heterocycles. The van der Waals surface area contributed by atoms with Gasteiger partial charge in [-0.25, -0.2) is 8.78 Å². The molecule has 1 unspecified atom stereocenters. The molecule has 1 aromatic heterocycles. The minimum absolute atomic E-state index is 0.0241. The molecule has 1 N–H and O–H groups in total. The molecule has 0 bridgehead atoms. The molecule has 2 rings (SSSR count). The number of aliphatic hydroxyl groups excluding tert-OH is 1. The first-order valence-electron chi connectivity index (χ1n) is 5.29. The van der Waals surface area contributed by atoms with Crippen molar-refractivity contribution in [1.29, 1.82) is 0 Å². The molecule has 2 nitrogen and oxygen atoms in total. The Morgan fingerprint density at radius 1 is 1.11 bits per heavy atom. The van der Waals surface area contributed by atoms with Crippen LogP contribution in [0.3, 0.4) is 0 Å². The minimum Gasteiger partial charge on any atom is -0.466 e. The van der Waals surface area contributed by atoms with E-state index < -0.39 is 17.7 Å². The van der Waals surface area contributed by atoms with Crippen LogP contribution in [0.2, 0.25) is 0 Å². The van der Waals surface area contributed by atoms with E-state index in [0.29, 0.717) is 17.1 Å². The van der Waals surface area contributed by atoms with Crippen molar-refractivity contribution in [2.45, 2.75) is 20.0 Å². The van der Waals surface area contributed by atoms with Crippen molar-refractivity contribution >= 4 is 15.9 Å². The highest BCUT2D eigenvalue weighted by Gasteiger charge is 2.21. The second-order valence-electron chi connectivity index (χ2n) is 4.06. The number of hydrogen-bond acceptors (Lipinski definition) is 2. The number of hydrogen-bond donors (Lipinski definition) is 1. The van der Waals surface area contributed by atoms with E-state index in [2.05, 4.69) is 15.9 Å². The summed E-state index contributed by atoms with van der Waals surface area (Å²) in [6.07, 6.45) is -1.25. The lowest BCUT2D eigenvalue weighted by Gasteiger charge is -2.12. The fourth-order valence-corrected chi connectivity index (χ4v) is 2.15. The lowest BCUT2D eigenvalue weighted by atomic mass is 10.0. The molecule has 0 saturated heterocycles. The average molecular weight is 317 g/mol. The van der Waals surface area contributed by atoms with Gasteiger partial charge in [-0.1, -0.05) is 0 Å². The maximum atomic E-state index is 13.7. The maximum Gasteiger partial charge on any atom is 0.137 e. The highest BCUT2D eigenvalue weighted by Crippen LogP contribution is 2.31. The van der Waals surface area contributed by atoms with Crippen LogP contribution >= 0.6 is 15.9 Å². The van der Waals surface area contributed by atoms with E-state index in [0.717, 1.165) is 12.1 Å². The molecule has 18 heavy (non-hydrogen) atoms. The average Bonchev–Trinajstić information content (AvgIpc) is 2.62. The SMILES string of the molecule is Cc1cc(C(O)c2cc(F)c(Br)cc2F)c(C)o1. The number of furan rings is 1. The summed E-state index contributed by atoms with van der Waals surface area (Å²) >= 11 is 2.89. The van der Waals surface area contributed by atoms with Crippen LogP contribution in [0.25, 0.3) is 0 Å². The predicted molar refractivity (Wildman–Crippen MR) is 66.3 cm³/mol. The first kappa shape index (κ1) is 13.2. The number of aliphatic hydroxyl groups is 1. The normalized spacial score (nSPS) is 12.8. The van der Waals surface area contributed by atoms with Crippen LogP contribution in [0.4, 0.5) is 8.78 Å². The number of halogens is 3. The van der Waals surface area contributed by atoms with Gasteiger partial charge in [-0.05, 0) is 48.0 Å². The Balaban J connectivity index is 2.49. The van der Waals surface area contributed by atoms with Crippen LogP contribution in [0, 0.1) is 25.5 Å². The van der Waals surface area contributed by atoms with E-state index in [-0.39, 0.29) is 10.0 Å². The van der Waals surface area contributed by atoms with Gasteiger partial charge in [-0.15, -0.1) is 0 Å². The van der Waals surface area contributed by atoms with E-state index in [9.17, 15) is 13.9 Å². The Bertz CT molecular complexity index is 593. The first-order chi connectivity index (χ1) is 8.40. The molecule has 0 amide bonds. The van der Waals surface area contributed by atoms with Gasteiger partial charge in [0.05, 0.1) is 4.47 Å². The largest absolute Gasteiger partial charge is 0.466 e. The summed E-state index contributed by atoms with van der Waals surface area (Å²) in [5.41, 5.74) is 0.327. The molecule has 0 fully saturated rings.